The van der Waals surface area contributed by atoms with Crippen molar-refractivity contribution in [2.24, 2.45) is 0 Å². The van der Waals surface area contributed by atoms with E-state index in [9.17, 15) is 13.2 Å². The number of sulfonamides is 1. The first kappa shape index (κ1) is 18.7. The second kappa shape index (κ2) is 7.07. The minimum absolute atomic E-state index is 0.0463. The van der Waals surface area contributed by atoms with Crippen molar-refractivity contribution in [3.8, 4) is 11.5 Å². The van der Waals surface area contributed by atoms with E-state index < -0.39 is 16.1 Å². The van der Waals surface area contributed by atoms with Crippen LogP contribution in [0.2, 0.25) is 0 Å². The summed E-state index contributed by atoms with van der Waals surface area (Å²) in [5, 5.41) is 0. The van der Waals surface area contributed by atoms with Crippen LogP contribution < -0.4 is 9.47 Å². The van der Waals surface area contributed by atoms with Gasteiger partial charge in [0.25, 0.3) is 0 Å². The highest BCUT2D eigenvalue weighted by Gasteiger charge is 2.36. The molecule has 0 bridgehead atoms. The molecular weight excluding hydrogens is 378 g/mol. The molecule has 4 rings (SSSR count). The number of aryl methyl sites for hydroxylation is 1. The minimum Gasteiger partial charge on any atom is -0.454 e. The largest absolute Gasteiger partial charge is 0.454 e. The van der Waals surface area contributed by atoms with Crippen LogP contribution in [0, 0.1) is 6.92 Å². The molecule has 0 N–H and O–H groups in total. The summed E-state index contributed by atoms with van der Waals surface area (Å²) in [6.45, 7) is 3.57. The SMILES string of the molecule is CC(=O)C1=CCC(c2ccc3c(c2)OCO3)N(S(=O)(=O)c2ccc(C)cc2)C1. The molecule has 2 aliphatic heterocycles. The van der Waals surface area contributed by atoms with Gasteiger partial charge in [0.05, 0.1) is 10.9 Å². The number of rotatable bonds is 4. The lowest BCUT2D eigenvalue weighted by molar-refractivity contribution is -0.113. The van der Waals surface area contributed by atoms with Gasteiger partial charge in [-0.2, -0.15) is 4.31 Å². The number of Topliss-reactive ketones (excluding diaryl/α,β-unsaturated/α-hetero) is 1. The number of carbonyl (C=O) groups excluding carboxylic acids is 1. The molecule has 146 valence electrons. The van der Waals surface area contributed by atoms with Crippen LogP contribution in [0.5, 0.6) is 11.5 Å². The molecule has 1 atom stereocenters. The van der Waals surface area contributed by atoms with Gasteiger partial charge in [-0.3, -0.25) is 4.79 Å². The monoisotopic (exact) mass is 399 g/mol. The highest BCUT2D eigenvalue weighted by molar-refractivity contribution is 7.89. The van der Waals surface area contributed by atoms with Crippen LogP contribution >= 0.6 is 0 Å². The van der Waals surface area contributed by atoms with E-state index in [0.29, 0.717) is 23.5 Å². The predicted octanol–water partition coefficient (Wildman–Crippen LogP) is 3.37. The number of ether oxygens (including phenoxy) is 2. The topological polar surface area (TPSA) is 72.9 Å². The molecule has 0 aliphatic carbocycles. The Bertz CT molecular complexity index is 1060. The average molecular weight is 399 g/mol. The van der Waals surface area contributed by atoms with Crippen LogP contribution in [-0.4, -0.2) is 31.8 Å². The summed E-state index contributed by atoms with van der Waals surface area (Å²) in [5.74, 6) is 1.13. The Morgan fingerprint density at radius 1 is 1.07 bits per heavy atom. The Morgan fingerprint density at radius 3 is 2.50 bits per heavy atom. The van der Waals surface area contributed by atoms with Gasteiger partial charge in [-0.05, 0) is 50.1 Å². The van der Waals surface area contributed by atoms with Crippen molar-refractivity contribution in [2.45, 2.75) is 31.2 Å². The van der Waals surface area contributed by atoms with E-state index in [1.165, 1.54) is 11.2 Å². The first-order valence-electron chi connectivity index (χ1n) is 9.04. The highest BCUT2D eigenvalue weighted by atomic mass is 32.2. The first-order chi connectivity index (χ1) is 13.4. The zero-order valence-electron chi connectivity index (χ0n) is 15.7. The molecule has 7 heteroatoms. The van der Waals surface area contributed by atoms with Crippen molar-refractivity contribution < 1.29 is 22.7 Å². The molecule has 2 aromatic carbocycles. The summed E-state index contributed by atoms with van der Waals surface area (Å²) in [4.78, 5) is 12.1. The number of benzene rings is 2. The van der Waals surface area contributed by atoms with E-state index in [0.717, 1.165) is 11.1 Å². The summed E-state index contributed by atoms with van der Waals surface area (Å²) in [6.07, 6.45) is 2.25. The molecule has 28 heavy (non-hydrogen) atoms. The molecular formula is C21H21NO5S. The summed E-state index contributed by atoms with van der Waals surface area (Å²) >= 11 is 0. The number of fused-ring (bicyclic) bond motifs is 1. The molecule has 1 unspecified atom stereocenters. The van der Waals surface area contributed by atoms with Crippen LogP contribution in [0.15, 0.2) is 59.0 Å². The molecule has 0 saturated carbocycles. The summed E-state index contributed by atoms with van der Waals surface area (Å²) in [6, 6.07) is 11.8. The van der Waals surface area contributed by atoms with E-state index in [-0.39, 0.29) is 24.0 Å². The van der Waals surface area contributed by atoms with Gasteiger partial charge in [-0.1, -0.05) is 29.8 Å². The molecule has 2 aromatic rings. The quantitative estimate of drug-likeness (QED) is 0.788. The van der Waals surface area contributed by atoms with Gasteiger partial charge in [-0.25, -0.2) is 8.42 Å². The third-order valence-corrected chi connectivity index (χ3v) is 6.99. The predicted molar refractivity (Wildman–Crippen MR) is 104 cm³/mol. The molecule has 0 saturated heterocycles. The fraction of sp³-hybridized carbons (Fsp3) is 0.286. The lowest BCUT2D eigenvalue weighted by Crippen LogP contribution is -2.39. The Hall–Kier alpha value is -2.64. The van der Waals surface area contributed by atoms with Gasteiger partial charge in [-0.15, -0.1) is 0 Å². The smallest absolute Gasteiger partial charge is 0.243 e. The van der Waals surface area contributed by atoms with Crippen LogP contribution in [0.25, 0.3) is 0 Å². The van der Waals surface area contributed by atoms with Crippen molar-refractivity contribution in [1.29, 1.82) is 0 Å². The summed E-state index contributed by atoms with van der Waals surface area (Å²) < 4.78 is 39.0. The maximum Gasteiger partial charge on any atom is 0.243 e. The molecule has 0 radical (unpaired) electrons. The van der Waals surface area contributed by atoms with E-state index >= 15 is 0 Å². The maximum absolute atomic E-state index is 13.4. The third-order valence-electron chi connectivity index (χ3n) is 5.12. The van der Waals surface area contributed by atoms with Crippen molar-refractivity contribution in [3.05, 3.63) is 65.2 Å². The van der Waals surface area contributed by atoms with Crippen LogP contribution in [0.3, 0.4) is 0 Å². The zero-order valence-corrected chi connectivity index (χ0v) is 16.5. The maximum atomic E-state index is 13.4. The average Bonchev–Trinajstić information content (AvgIpc) is 3.15. The number of hydrogen-bond donors (Lipinski definition) is 0. The summed E-state index contributed by atoms with van der Waals surface area (Å²) in [5.41, 5.74) is 2.29. The fourth-order valence-electron chi connectivity index (χ4n) is 3.49. The zero-order chi connectivity index (χ0) is 19.9. The van der Waals surface area contributed by atoms with E-state index in [2.05, 4.69) is 0 Å². The lowest BCUT2D eigenvalue weighted by Gasteiger charge is -2.34. The third kappa shape index (κ3) is 3.31. The molecule has 6 nitrogen and oxygen atoms in total. The Kier molecular flexibility index (Phi) is 4.72. The van der Waals surface area contributed by atoms with Gasteiger partial charge in [0.2, 0.25) is 16.8 Å². The second-order valence-electron chi connectivity index (χ2n) is 7.01. The Labute approximate surface area is 164 Å². The molecule has 0 spiro atoms. The molecule has 2 aliphatic rings. The lowest BCUT2D eigenvalue weighted by atomic mass is 9.96. The van der Waals surface area contributed by atoms with Gasteiger partial charge in [0.15, 0.2) is 17.3 Å². The van der Waals surface area contributed by atoms with Gasteiger partial charge in [0, 0.05) is 12.1 Å². The fourth-order valence-corrected chi connectivity index (χ4v) is 5.09. The standard InChI is InChI=1S/C21H21NO5S/c1-14-3-7-18(8-4-14)28(24,25)22-12-17(15(2)23)5-9-19(22)16-6-10-20-21(11-16)27-13-26-20/h3-8,10-11,19H,9,12-13H2,1-2H3. The molecule has 0 amide bonds. The first-order valence-corrected chi connectivity index (χ1v) is 10.5. The van der Waals surface area contributed by atoms with E-state index in [1.807, 2.05) is 25.1 Å². The number of carbonyl (C=O) groups is 1. The van der Waals surface area contributed by atoms with Crippen molar-refractivity contribution in [2.75, 3.05) is 13.3 Å². The molecule has 0 aromatic heterocycles. The number of hydrogen-bond acceptors (Lipinski definition) is 5. The molecule has 0 fully saturated rings. The molecule has 2 heterocycles. The minimum atomic E-state index is -3.79. The Balaban J connectivity index is 1.77. The van der Waals surface area contributed by atoms with Crippen molar-refractivity contribution >= 4 is 15.8 Å². The Morgan fingerprint density at radius 2 is 1.79 bits per heavy atom. The van der Waals surface area contributed by atoms with Crippen LogP contribution in [-0.2, 0) is 14.8 Å². The highest BCUT2D eigenvalue weighted by Crippen LogP contribution is 2.40. The van der Waals surface area contributed by atoms with E-state index in [1.54, 1.807) is 30.3 Å². The number of nitrogens with zero attached hydrogens (tertiary/aromatic N) is 1. The van der Waals surface area contributed by atoms with E-state index in [4.69, 9.17) is 9.47 Å². The van der Waals surface area contributed by atoms with Gasteiger partial charge in [0.1, 0.15) is 0 Å². The van der Waals surface area contributed by atoms with Crippen molar-refractivity contribution in [1.82, 2.24) is 4.31 Å². The van der Waals surface area contributed by atoms with Gasteiger partial charge < -0.3 is 9.47 Å². The normalized spacial score (nSPS) is 19.4. The number of ketones is 1. The van der Waals surface area contributed by atoms with Crippen LogP contribution in [0.1, 0.15) is 30.5 Å². The second-order valence-corrected chi connectivity index (χ2v) is 8.90. The van der Waals surface area contributed by atoms with Crippen molar-refractivity contribution in [3.63, 3.8) is 0 Å². The van der Waals surface area contributed by atoms with Crippen LogP contribution in [0.4, 0.5) is 0 Å². The summed E-state index contributed by atoms with van der Waals surface area (Å²) in [7, 11) is -3.79. The van der Waals surface area contributed by atoms with Gasteiger partial charge >= 0.3 is 0 Å².